The number of alkyl halides is 3. The number of hydrogen-bond acceptors (Lipinski definition) is 5. The van der Waals surface area contributed by atoms with Crippen LogP contribution >= 0.6 is 0 Å². The van der Waals surface area contributed by atoms with E-state index in [1.165, 1.54) is 13.2 Å². The Bertz CT molecular complexity index is 931. The molecule has 1 saturated carbocycles. The lowest BCUT2D eigenvalue weighted by Gasteiger charge is -2.33. The van der Waals surface area contributed by atoms with Gasteiger partial charge in [-0.2, -0.15) is 13.2 Å². The standard InChI is InChI=1S/C21H23F3N4O2/c1-30-18-7-6-15(21(22,23)24)9-17(18)27-20(29)14-3-2-8-28(11-14)19-10-16(13-4-5-13)25-12-26-19/h6-7,9-10,12-14H,2-5,8,11H2,1H3,(H,27,29)/t14-/m0/s1. The normalized spacial score (nSPS) is 19.5. The van der Waals surface area contributed by atoms with Crippen molar-refractivity contribution in [2.45, 2.75) is 37.8 Å². The fourth-order valence-corrected chi connectivity index (χ4v) is 3.75. The van der Waals surface area contributed by atoms with Gasteiger partial charge in [-0.05, 0) is 43.9 Å². The van der Waals surface area contributed by atoms with Crippen LogP contribution in [0.15, 0.2) is 30.6 Å². The van der Waals surface area contributed by atoms with Crippen molar-refractivity contribution < 1.29 is 22.7 Å². The molecule has 1 aromatic heterocycles. The van der Waals surface area contributed by atoms with E-state index in [2.05, 4.69) is 15.3 Å². The summed E-state index contributed by atoms with van der Waals surface area (Å²) in [6.45, 7) is 1.23. The van der Waals surface area contributed by atoms with Crippen LogP contribution in [0.25, 0.3) is 0 Å². The molecule has 1 N–H and O–H groups in total. The Hall–Kier alpha value is -2.84. The lowest BCUT2D eigenvalue weighted by Crippen LogP contribution is -2.41. The number of rotatable bonds is 5. The molecule has 1 saturated heterocycles. The van der Waals surface area contributed by atoms with E-state index >= 15 is 0 Å². The summed E-state index contributed by atoms with van der Waals surface area (Å²) in [6, 6.07) is 5.03. The molecule has 9 heteroatoms. The van der Waals surface area contributed by atoms with E-state index in [0.29, 0.717) is 18.9 Å². The molecule has 1 atom stereocenters. The number of carbonyl (C=O) groups excluding carboxylic acids is 1. The molecule has 0 bridgehead atoms. The van der Waals surface area contributed by atoms with Gasteiger partial charge in [0.1, 0.15) is 17.9 Å². The topological polar surface area (TPSA) is 67.3 Å². The summed E-state index contributed by atoms with van der Waals surface area (Å²) in [4.78, 5) is 23.6. The first-order chi connectivity index (χ1) is 14.3. The molecule has 160 valence electrons. The molecule has 2 heterocycles. The van der Waals surface area contributed by atoms with Crippen LogP contribution in [0.4, 0.5) is 24.7 Å². The minimum atomic E-state index is -4.50. The Morgan fingerprint density at radius 1 is 1.20 bits per heavy atom. The van der Waals surface area contributed by atoms with Gasteiger partial charge in [0.2, 0.25) is 5.91 Å². The van der Waals surface area contributed by atoms with Crippen molar-refractivity contribution in [1.82, 2.24) is 9.97 Å². The van der Waals surface area contributed by atoms with Crippen molar-refractivity contribution in [3.63, 3.8) is 0 Å². The molecule has 1 aliphatic heterocycles. The van der Waals surface area contributed by atoms with Crippen LogP contribution in [-0.2, 0) is 11.0 Å². The number of piperidine rings is 1. The van der Waals surface area contributed by atoms with Crippen LogP contribution in [0.5, 0.6) is 5.75 Å². The van der Waals surface area contributed by atoms with E-state index in [-0.39, 0.29) is 23.3 Å². The van der Waals surface area contributed by atoms with Gasteiger partial charge in [0.25, 0.3) is 0 Å². The number of hydrogen-bond donors (Lipinski definition) is 1. The largest absolute Gasteiger partial charge is 0.495 e. The Kier molecular flexibility index (Phi) is 5.53. The third-order valence-electron chi connectivity index (χ3n) is 5.57. The summed E-state index contributed by atoms with van der Waals surface area (Å²) < 4.78 is 44.3. The monoisotopic (exact) mass is 420 g/mol. The summed E-state index contributed by atoms with van der Waals surface area (Å²) in [5.41, 5.74) is 0.213. The Balaban J connectivity index is 1.48. The lowest BCUT2D eigenvalue weighted by atomic mass is 9.96. The van der Waals surface area contributed by atoms with Gasteiger partial charge in [0.15, 0.2) is 0 Å². The van der Waals surface area contributed by atoms with Crippen LogP contribution in [0.1, 0.15) is 42.9 Å². The first-order valence-electron chi connectivity index (χ1n) is 9.98. The summed E-state index contributed by atoms with van der Waals surface area (Å²) >= 11 is 0. The van der Waals surface area contributed by atoms with Crippen LogP contribution < -0.4 is 15.0 Å². The first-order valence-corrected chi connectivity index (χ1v) is 9.98. The number of methoxy groups -OCH3 is 1. The molecule has 4 rings (SSSR count). The number of ether oxygens (including phenoxy) is 1. The van der Waals surface area contributed by atoms with Gasteiger partial charge in [-0.1, -0.05) is 0 Å². The molecule has 1 amide bonds. The number of aromatic nitrogens is 2. The third-order valence-corrected chi connectivity index (χ3v) is 5.57. The average molecular weight is 420 g/mol. The zero-order chi connectivity index (χ0) is 21.3. The van der Waals surface area contributed by atoms with Crippen molar-refractivity contribution in [3.05, 3.63) is 41.9 Å². The number of nitrogens with zero attached hydrogens (tertiary/aromatic N) is 3. The van der Waals surface area contributed by atoms with Crippen molar-refractivity contribution in [1.29, 1.82) is 0 Å². The van der Waals surface area contributed by atoms with Crippen molar-refractivity contribution in [2.24, 2.45) is 5.92 Å². The van der Waals surface area contributed by atoms with Crippen molar-refractivity contribution in [3.8, 4) is 5.75 Å². The zero-order valence-corrected chi connectivity index (χ0v) is 16.6. The maximum Gasteiger partial charge on any atom is 0.416 e. The minimum Gasteiger partial charge on any atom is -0.495 e. The predicted octanol–water partition coefficient (Wildman–Crippen LogP) is 4.24. The number of carbonyl (C=O) groups is 1. The van der Waals surface area contributed by atoms with Gasteiger partial charge in [-0.15, -0.1) is 0 Å². The minimum absolute atomic E-state index is 0.0208. The molecule has 2 aromatic rings. The van der Waals surface area contributed by atoms with E-state index in [9.17, 15) is 18.0 Å². The molecule has 1 aromatic carbocycles. The highest BCUT2D eigenvalue weighted by Gasteiger charge is 2.33. The second-order valence-electron chi connectivity index (χ2n) is 7.76. The Morgan fingerprint density at radius 3 is 2.70 bits per heavy atom. The molecule has 30 heavy (non-hydrogen) atoms. The predicted molar refractivity (Wildman–Crippen MR) is 106 cm³/mol. The fourth-order valence-electron chi connectivity index (χ4n) is 3.75. The zero-order valence-electron chi connectivity index (χ0n) is 16.6. The number of benzene rings is 1. The Labute approximate surface area is 172 Å². The first kappa shape index (κ1) is 20.4. The summed E-state index contributed by atoms with van der Waals surface area (Å²) in [5.74, 6) is 0.796. The number of halogens is 3. The quantitative estimate of drug-likeness (QED) is 0.784. The van der Waals surface area contributed by atoms with Crippen molar-refractivity contribution in [2.75, 3.05) is 30.4 Å². The van der Waals surface area contributed by atoms with Crippen LogP contribution in [0.3, 0.4) is 0 Å². The average Bonchev–Trinajstić information content (AvgIpc) is 3.59. The molecule has 2 aliphatic rings. The molecule has 0 unspecified atom stereocenters. The van der Waals surface area contributed by atoms with Crippen molar-refractivity contribution >= 4 is 17.4 Å². The van der Waals surface area contributed by atoms with E-state index in [0.717, 1.165) is 49.5 Å². The summed E-state index contributed by atoms with van der Waals surface area (Å²) in [5, 5.41) is 2.63. The van der Waals surface area contributed by atoms with E-state index in [4.69, 9.17) is 4.74 Å². The van der Waals surface area contributed by atoms with Crippen LogP contribution in [0, 0.1) is 5.92 Å². The van der Waals surface area contributed by atoms with E-state index in [1.54, 1.807) is 6.33 Å². The fraction of sp³-hybridized carbons (Fsp3) is 0.476. The highest BCUT2D eigenvalue weighted by Crippen LogP contribution is 2.40. The van der Waals surface area contributed by atoms with E-state index < -0.39 is 11.7 Å². The van der Waals surface area contributed by atoms with Gasteiger partial charge in [-0.25, -0.2) is 9.97 Å². The molecule has 0 spiro atoms. The molecular weight excluding hydrogens is 397 g/mol. The van der Waals surface area contributed by atoms with Gasteiger partial charge in [0.05, 0.1) is 24.3 Å². The number of amides is 1. The van der Waals surface area contributed by atoms with Gasteiger partial charge < -0.3 is 15.0 Å². The summed E-state index contributed by atoms with van der Waals surface area (Å²) in [7, 11) is 1.35. The maximum atomic E-state index is 13.1. The highest BCUT2D eigenvalue weighted by molar-refractivity contribution is 5.94. The van der Waals surface area contributed by atoms with E-state index in [1.807, 2.05) is 11.0 Å². The van der Waals surface area contributed by atoms with Gasteiger partial charge in [0, 0.05) is 30.8 Å². The highest BCUT2D eigenvalue weighted by atomic mass is 19.4. The van der Waals surface area contributed by atoms with Gasteiger partial charge >= 0.3 is 6.18 Å². The second kappa shape index (κ2) is 8.12. The van der Waals surface area contributed by atoms with Crippen LogP contribution in [0.2, 0.25) is 0 Å². The SMILES string of the molecule is COc1ccc(C(F)(F)F)cc1NC(=O)[C@H]1CCCN(c2cc(C3CC3)ncn2)C1. The summed E-state index contributed by atoms with van der Waals surface area (Å²) in [6.07, 6.45) is 0.783. The molecular formula is C21H23F3N4O2. The molecule has 1 aliphatic carbocycles. The number of anilines is 2. The smallest absolute Gasteiger partial charge is 0.416 e. The molecule has 0 radical (unpaired) electrons. The van der Waals surface area contributed by atoms with Crippen LogP contribution in [-0.4, -0.2) is 36.1 Å². The lowest BCUT2D eigenvalue weighted by molar-refractivity contribution is -0.137. The van der Waals surface area contributed by atoms with Gasteiger partial charge in [-0.3, -0.25) is 4.79 Å². The third kappa shape index (κ3) is 4.49. The molecule has 6 nitrogen and oxygen atoms in total. The number of nitrogens with one attached hydrogen (secondary N) is 1. The Morgan fingerprint density at radius 2 is 2.00 bits per heavy atom. The molecule has 2 fully saturated rings. The second-order valence-corrected chi connectivity index (χ2v) is 7.76. The maximum absolute atomic E-state index is 13.1.